The van der Waals surface area contributed by atoms with E-state index in [2.05, 4.69) is 59.2 Å². The van der Waals surface area contributed by atoms with Gasteiger partial charge in [-0.2, -0.15) is 0 Å². The van der Waals surface area contributed by atoms with Crippen molar-refractivity contribution in [1.82, 2.24) is 4.90 Å². The van der Waals surface area contributed by atoms with Gasteiger partial charge in [0.2, 0.25) is 5.91 Å². The molecule has 0 aliphatic carbocycles. The monoisotopic (exact) mass is 335 g/mol. The number of piperazine rings is 1. The van der Waals surface area contributed by atoms with Crippen LogP contribution in [0.2, 0.25) is 0 Å². The fourth-order valence-corrected chi connectivity index (χ4v) is 4.02. The van der Waals surface area contributed by atoms with E-state index in [9.17, 15) is 4.79 Å². The standard InChI is InChI=1S/C21H25N3O/c1-17-15-18-7-5-6-10-20(18)24(17)21(25)16-22-11-13-23(14-12-22)19-8-3-2-4-9-19/h2-10,17H,11-16H2,1H3/t17-/m0/s1. The van der Waals surface area contributed by atoms with Crippen LogP contribution in [0.25, 0.3) is 0 Å². The van der Waals surface area contributed by atoms with Crippen LogP contribution in [0.15, 0.2) is 54.6 Å². The molecule has 1 saturated heterocycles. The highest BCUT2D eigenvalue weighted by Crippen LogP contribution is 2.31. The Kier molecular flexibility index (Phi) is 4.45. The highest BCUT2D eigenvalue weighted by Gasteiger charge is 2.31. The van der Waals surface area contributed by atoms with Crippen molar-refractivity contribution in [3.05, 3.63) is 60.2 Å². The first-order valence-corrected chi connectivity index (χ1v) is 9.15. The van der Waals surface area contributed by atoms with Crippen molar-refractivity contribution < 1.29 is 4.79 Å². The van der Waals surface area contributed by atoms with Crippen LogP contribution in [-0.4, -0.2) is 49.6 Å². The van der Waals surface area contributed by atoms with Crippen molar-refractivity contribution in [2.45, 2.75) is 19.4 Å². The summed E-state index contributed by atoms with van der Waals surface area (Å²) in [5, 5.41) is 0. The minimum absolute atomic E-state index is 0.227. The molecule has 4 heteroatoms. The smallest absolute Gasteiger partial charge is 0.241 e. The maximum atomic E-state index is 12.9. The van der Waals surface area contributed by atoms with Gasteiger partial charge in [-0.05, 0) is 37.1 Å². The first-order chi connectivity index (χ1) is 12.2. The van der Waals surface area contributed by atoms with Gasteiger partial charge < -0.3 is 9.80 Å². The molecular formula is C21H25N3O. The lowest BCUT2D eigenvalue weighted by Crippen LogP contribution is -2.51. The third-order valence-electron chi connectivity index (χ3n) is 5.33. The number of hydrogen-bond donors (Lipinski definition) is 0. The van der Waals surface area contributed by atoms with Crippen LogP contribution in [-0.2, 0) is 11.2 Å². The largest absolute Gasteiger partial charge is 0.369 e. The minimum atomic E-state index is 0.227. The highest BCUT2D eigenvalue weighted by atomic mass is 16.2. The Morgan fingerprint density at radius 2 is 1.64 bits per heavy atom. The van der Waals surface area contributed by atoms with Crippen LogP contribution in [0.3, 0.4) is 0 Å². The summed E-state index contributed by atoms with van der Waals surface area (Å²) in [5.74, 6) is 0.227. The Bertz CT molecular complexity index is 738. The maximum Gasteiger partial charge on any atom is 0.241 e. The molecule has 0 spiro atoms. The zero-order valence-corrected chi connectivity index (χ0v) is 14.8. The molecule has 0 unspecified atom stereocenters. The number of amides is 1. The Morgan fingerprint density at radius 3 is 2.40 bits per heavy atom. The fraction of sp³-hybridized carbons (Fsp3) is 0.381. The van der Waals surface area contributed by atoms with Crippen LogP contribution in [0.4, 0.5) is 11.4 Å². The molecule has 2 aromatic carbocycles. The summed E-state index contributed by atoms with van der Waals surface area (Å²) in [6.45, 7) is 6.48. The number of carbonyl (C=O) groups is 1. The second-order valence-electron chi connectivity index (χ2n) is 7.04. The first-order valence-electron chi connectivity index (χ1n) is 9.15. The van der Waals surface area contributed by atoms with Crippen molar-refractivity contribution in [3.63, 3.8) is 0 Å². The molecule has 1 amide bonds. The lowest BCUT2D eigenvalue weighted by atomic mass is 10.1. The van der Waals surface area contributed by atoms with Crippen LogP contribution >= 0.6 is 0 Å². The van der Waals surface area contributed by atoms with Crippen LogP contribution in [0.1, 0.15) is 12.5 Å². The molecule has 1 atom stereocenters. The van der Waals surface area contributed by atoms with Gasteiger partial charge in [-0.3, -0.25) is 9.69 Å². The summed E-state index contributed by atoms with van der Waals surface area (Å²) in [6.07, 6.45) is 0.962. The van der Waals surface area contributed by atoms with Gasteiger partial charge in [0.15, 0.2) is 0 Å². The lowest BCUT2D eigenvalue weighted by molar-refractivity contribution is -0.120. The number of carbonyl (C=O) groups excluding carboxylic acids is 1. The van der Waals surface area contributed by atoms with Gasteiger partial charge in [0.1, 0.15) is 0 Å². The Balaban J connectivity index is 1.37. The number of benzene rings is 2. The minimum Gasteiger partial charge on any atom is -0.369 e. The molecule has 4 nitrogen and oxygen atoms in total. The van der Waals surface area contributed by atoms with E-state index in [4.69, 9.17) is 0 Å². The van der Waals surface area contributed by atoms with Gasteiger partial charge in [-0.25, -0.2) is 0 Å². The van der Waals surface area contributed by atoms with Gasteiger partial charge in [-0.1, -0.05) is 36.4 Å². The van der Waals surface area contributed by atoms with Crippen molar-refractivity contribution in [2.24, 2.45) is 0 Å². The molecule has 25 heavy (non-hydrogen) atoms. The molecule has 1 fully saturated rings. The zero-order chi connectivity index (χ0) is 17.2. The van der Waals surface area contributed by atoms with E-state index in [1.807, 2.05) is 17.0 Å². The van der Waals surface area contributed by atoms with Gasteiger partial charge in [0.25, 0.3) is 0 Å². The molecule has 4 rings (SSSR count). The lowest BCUT2D eigenvalue weighted by Gasteiger charge is -2.36. The summed E-state index contributed by atoms with van der Waals surface area (Å²) in [5.41, 5.74) is 3.66. The third-order valence-corrected chi connectivity index (χ3v) is 5.33. The SMILES string of the molecule is C[C@H]1Cc2ccccc2N1C(=O)CN1CCN(c2ccccc2)CC1. The van der Waals surface area contributed by atoms with E-state index in [-0.39, 0.29) is 11.9 Å². The van der Waals surface area contributed by atoms with Gasteiger partial charge in [0, 0.05) is 43.6 Å². The summed E-state index contributed by atoms with van der Waals surface area (Å²) in [6, 6.07) is 19.1. The molecule has 0 saturated carbocycles. The molecule has 2 heterocycles. The molecule has 0 bridgehead atoms. The van der Waals surface area contributed by atoms with E-state index in [1.165, 1.54) is 11.3 Å². The molecule has 0 aromatic heterocycles. The zero-order valence-electron chi connectivity index (χ0n) is 14.8. The van der Waals surface area contributed by atoms with Gasteiger partial charge in [0.05, 0.1) is 6.54 Å². The summed E-state index contributed by atoms with van der Waals surface area (Å²) >= 11 is 0. The quantitative estimate of drug-likeness (QED) is 0.863. The number of rotatable bonds is 3. The Hall–Kier alpha value is -2.33. The average molecular weight is 335 g/mol. The normalized spacial score (nSPS) is 20.6. The molecule has 0 radical (unpaired) electrons. The van der Waals surface area contributed by atoms with E-state index in [0.29, 0.717) is 6.54 Å². The van der Waals surface area contributed by atoms with E-state index < -0.39 is 0 Å². The number of anilines is 2. The molecular weight excluding hydrogens is 310 g/mol. The van der Waals surface area contributed by atoms with Crippen molar-refractivity contribution >= 4 is 17.3 Å². The van der Waals surface area contributed by atoms with E-state index in [0.717, 1.165) is 38.3 Å². The third kappa shape index (κ3) is 3.27. The fourth-order valence-electron chi connectivity index (χ4n) is 4.02. The second-order valence-corrected chi connectivity index (χ2v) is 7.04. The summed E-state index contributed by atoms with van der Waals surface area (Å²) < 4.78 is 0. The number of nitrogens with zero attached hydrogens (tertiary/aromatic N) is 3. The van der Waals surface area contributed by atoms with Crippen molar-refractivity contribution in [1.29, 1.82) is 0 Å². The van der Waals surface area contributed by atoms with E-state index >= 15 is 0 Å². The van der Waals surface area contributed by atoms with Crippen LogP contribution in [0, 0.1) is 0 Å². The average Bonchev–Trinajstić information content (AvgIpc) is 2.99. The van der Waals surface area contributed by atoms with Gasteiger partial charge >= 0.3 is 0 Å². The molecule has 2 aromatic rings. The Labute approximate surface area is 149 Å². The summed E-state index contributed by atoms with van der Waals surface area (Å²) in [4.78, 5) is 19.6. The predicted octanol–water partition coefficient (Wildman–Crippen LogP) is 2.79. The van der Waals surface area contributed by atoms with Crippen LogP contribution in [0.5, 0.6) is 0 Å². The number of fused-ring (bicyclic) bond motifs is 1. The van der Waals surface area contributed by atoms with E-state index in [1.54, 1.807) is 0 Å². The molecule has 2 aliphatic heterocycles. The summed E-state index contributed by atoms with van der Waals surface area (Å²) in [7, 11) is 0. The number of para-hydroxylation sites is 2. The first kappa shape index (κ1) is 16.2. The molecule has 0 N–H and O–H groups in total. The van der Waals surface area contributed by atoms with Crippen molar-refractivity contribution in [2.75, 3.05) is 42.5 Å². The highest BCUT2D eigenvalue weighted by molar-refractivity contribution is 5.97. The second kappa shape index (κ2) is 6.89. The van der Waals surface area contributed by atoms with Crippen molar-refractivity contribution in [3.8, 4) is 0 Å². The predicted molar refractivity (Wildman–Crippen MR) is 102 cm³/mol. The molecule has 2 aliphatic rings. The topological polar surface area (TPSA) is 26.8 Å². The number of hydrogen-bond acceptors (Lipinski definition) is 3. The van der Waals surface area contributed by atoms with Gasteiger partial charge in [-0.15, -0.1) is 0 Å². The molecule has 130 valence electrons. The maximum absolute atomic E-state index is 12.9. The van der Waals surface area contributed by atoms with Crippen LogP contribution < -0.4 is 9.80 Å². The Morgan fingerprint density at radius 1 is 0.960 bits per heavy atom.